The largest absolute Gasteiger partial charge is 0.491 e. The van der Waals surface area contributed by atoms with E-state index in [1.807, 2.05) is 24.3 Å². The summed E-state index contributed by atoms with van der Waals surface area (Å²) in [5.41, 5.74) is 6.77. The second-order valence-electron chi connectivity index (χ2n) is 4.89. The number of halogens is 1. The minimum Gasteiger partial charge on any atom is -0.491 e. The lowest BCUT2D eigenvalue weighted by Gasteiger charge is -2.15. The summed E-state index contributed by atoms with van der Waals surface area (Å²) in [7, 11) is 1.51. The lowest BCUT2D eigenvalue weighted by atomic mass is 10.0. The number of ether oxygens (including phenoxy) is 2. The van der Waals surface area contributed by atoms with Gasteiger partial charge in [0.15, 0.2) is 0 Å². The molecule has 3 N–H and O–H groups in total. The van der Waals surface area contributed by atoms with Crippen LogP contribution >= 0.6 is 12.4 Å². The second-order valence-corrected chi connectivity index (χ2v) is 4.89. The highest BCUT2D eigenvalue weighted by atomic mass is 35.5. The van der Waals surface area contributed by atoms with Gasteiger partial charge in [0, 0.05) is 7.11 Å². The zero-order valence-electron chi connectivity index (χ0n) is 12.8. The number of para-hydroxylation sites is 1. The first-order valence-electron chi connectivity index (χ1n) is 6.80. The zero-order valence-corrected chi connectivity index (χ0v) is 13.6. The summed E-state index contributed by atoms with van der Waals surface area (Å²) < 4.78 is 10.5. The summed E-state index contributed by atoms with van der Waals surface area (Å²) in [6.07, 6.45) is 0. The van der Waals surface area contributed by atoms with Crippen LogP contribution in [-0.2, 0) is 9.53 Å². The number of carbonyl (C=O) groups is 1. The number of benzene rings is 1. The van der Waals surface area contributed by atoms with Gasteiger partial charge in [-0.25, -0.2) is 0 Å². The lowest BCUT2D eigenvalue weighted by molar-refractivity contribution is -0.123. The summed E-state index contributed by atoms with van der Waals surface area (Å²) in [6, 6.07) is 7.28. The number of rotatable bonds is 8. The van der Waals surface area contributed by atoms with Gasteiger partial charge >= 0.3 is 0 Å². The fourth-order valence-electron chi connectivity index (χ4n) is 1.81. The molecule has 0 aliphatic rings. The Bertz CT molecular complexity index is 427. The minimum absolute atomic E-state index is 0. The lowest BCUT2D eigenvalue weighted by Crippen LogP contribution is -2.44. The van der Waals surface area contributed by atoms with Crippen molar-refractivity contribution in [3.8, 4) is 5.75 Å². The molecule has 0 heterocycles. The molecule has 5 nitrogen and oxygen atoms in total. The molecule has 0 saturated heterocycles. The molecule has 0 bridgehead atoms. The van der Waals surface area contributed by atoms with E-state index < -0.39 is 6.04 Å². The van der Waals surface area contributed by atoms with Crippen LogP contribution in [0.25, 0.3) is 0 Å². The third kappa shape index (κ3) is 6.80. The van der Waals surface area contributed by atoms with Crippen LogP contribution in [0.3, 0.4) is 0 Å². The van der Waals surface area contributed by atoms with E-state index in [-0.39, 0.29) is 24.9 Å². The molecule has 0 aliphatic heterocycles. The molecule has 6 heteroatoms. The molecule has 0 radical (unpaired) electrons. The molecule has 0 spiro atoms. The standard InChI is InChI=1S/C15H24N2O3.ClH/c1-11(2)12-6-4-5-7-14(12)20-9-8-17-15(18)13(16)10-19-3;/h4-7,11,13H,8-10,16H2,1-3H3,(H,17,18);1H. The number of nitrogens with two attached hydrogens (primary N) is 1. The van der Waals surface area contributed by atoms with Crippen molar-refractivity contribution in [2.45, 2.75) is 25.8 Å². The number of amides is 1. The van der Waals surface area contributed by atoms with Crippen LogP contribution in [0.2, 0.25) is 0 Å². The average molecular weight is 317 g/mol. The van der Waals surface area contributed by atoms with E-state index in [4.69, 9.17) is 15.2 Å². The minimum atomic E-state index is -0.636. The second kappa shape index (κ2) is 10.4. The van der Waals surface area contributed by atoms with Crippen molar-refractivity contribution in [3.05, 3.63) is 29.8 Å². The maximum Gasteiger partial charge on any atom is 0.239 e. The highest BCUT2D eigenvalue weighted by molar-refractivity contribution is 5.85. The van der Waals surface area contributed by atoms with Gasteiger partial charge < -0.3 is 20.5 Å². The van der Waals surface area contributed by atoms with Crippen LogP contribution < -0.4 is 15.8 Å². The monoisotopic (exact) mass is 316 g/mol. The topological polar surface area (TPSA) is 73.6 Å². The molecule has 0 aliphatic carbocycles. The molecule has 1 aromatic rings. The number of hydrogen-bond acceptors (Lipinski definition) is 4. The van der Waals surface area contributed by atoms with Crippen LogP contribution in [-0.4, -0.2) is 38.8 Å². The fraction of sp³-hybridized carbons (Fsp3) is 0.533. The third-order valence-corrected chi connectivity index (χ3v) is 2.88. The van der Waals surface area contributed by atoms with Crippen molar-refractivity contribution in [2.75, 3.05) is 26.9 Å². The quantitative estimate of drug-likeness (QED) is 0.716. The Balaban J connectivity index is 0.00000400. The molecular formula is C15H25ClN2O3. The van der Waals surface area contributed by atoms with Gasteiger partial charge in [-0.1, -0.05) is 32.0 Å². The first-order chi connectivity index (χ1) is 9.56. The number of hydrogen-bond donors (Lipinski definition) is 2. The first-order valence-corrected chi connectivity index (χ1v) is 6.80. The Morgan fingerprint density at radius 1 is 1.33 bits per heavy atom. The first kappa shape index (κ1) is 19.7. The summed E-state index contributed by atoms with van der Waals surface area (Å²) >= 11 is 0. The zero-order chi connectivity index (χ0) is 15.0. The number of carbonyl (C=O) groups excluding carboxylic acids is 1. The van der Waals surface area contributed by atoms with Crippen LogP contribution in [0, 0.1) is 0 Å². The van der Waals surface area contributed by atoms with Crippen molar-refractivity contribution in [3.63, 3.8) is 0 Å². The Morgan fingerprint density at radius 3 is 2.62 bits per heavy atom. The number of nitrogens with one attached hydrogen (secondary N) is 1. The average Bonchev–Trinajstić information content (AvgIpc) is 2.43. The van der Waals surface area contributed by atoms with Gasteiger partial charge in [0.25, 0.3) is 0 Å². The van der Waals surface area contributed by atoms with Crippen LogP contribution in [0.15, 0.2) is 24.3 Å². The van der Waals surface area contributed by atoms with Gasteiger partial charge in [-0.3, -0.25) is 4.79 Å². The van der Waals surface area contributed by atoms with E-state index in [0.29, 0.717) is 19.1 Å². The smallest absolute Gasteiger partial charge is 0.239 e. The summed E-state index contributed by atoms with van der Waals surface area (Å²) in [5.74, 6) is 1.03. The van der Waals surface area contributed by atoms with E-state index in [0.717, 1.165) is 11.3 Å². The van der Waals surface area contributed by atoms with Crippen LogP contribution in [0.5, 0.6) is 5.75 Å². The molecule has 1 aromatic carbocycles. The van der Waals surface area contributed by atoms with Crippen molar-refractivity contribution in [2.24, 2.45) is 5.73 Å². The van der Waals surface area contributed by atoms with Gasteiger partial charge in [-0.05, 0) is 17.5 Å². The maximum absolute atomic E-state index is 11.5. The van der Waals surface area contributed by atoms with Gasteiger partial charge in [0.2, 0.25) is 5.91 Å². The molecule has 0 fully saturated rings. The summed E-state index contributed by atoms with van der Waals surface area (Å²) in [4.78, 5) is 11.5. The maximum atomic E-state index is 11.5. The SMILES string of the molecule is COCC(N)C(=O)NCCOc1ccccc1C(C)C.Cl. The fourth-order valence-corrected chi connectivity index (χ4v) is 1.81. The Hall–Kier alpha value is -1.30. The molecule has 1 rings (SSSR count). The Morgan fingerprint density at radius 2 is 2.00 bits per heavy atom. The van der Waals surface area contributed by atoms with Crippen LogP contribution in [0.1, 0.15) is 25.3 Å². The van der Waals surface area contributed by atoms with Crippen molar-refractivity contribution < 1.29 is 14.3 Å². The molecule has 1 amide bonds. The number of methoxy groups -OCH3 is 1. The van der Waals surface area contributed by atoms with E-state index in [1.54, 1.807) is 0 Å². The van der Waals surface area contributed by atoms with Gasteiger partial charge in [-0.2, -0.15) is 0 Å². The predicted molar refractivity (Wildman–Crippen MR) is 86.1 cm³/mol. The normalized spacial score (nSPS) is 11.7. The molecule has 1 unspecified atom stereocenters. The van der Waals surface area contributed by atoms with Crippen molar-refractivity contribution in [1.82, 2.24) is 5.32 Å². The van der Waals surface area contributed by atoms with Gasteiger partial charge in [0.1, 0.15) is 18.4 Å². The predicted octanol–water partition coefficient (Wildman–Crippen LogP) is 1.70. The summed E-state index contributed by atoms with van der Waals surface area (Å²) in [6.45, 7) is 5.28. The van der Waals surface area contributed by atoms with E-state index in [1.165, 1.54) is 7.11 Å². The van der Waals surface area contributed by atoms with Crippen molar-refractivity contribution >= 4 is 18.3 Å². The Kier molecular flexibility index (Phi) is 9.78. The molecular weight excluding hydrogens is 292 g/mol. The highest BCUT2D eigenvalue weighted by Crippen LogP contribution is 2.25. The van der Waals surface area contributed by atoms with Gasteiger partial charge in [0.05, 0.1) is 13.2 Å². The molecule has 120 valence electrons. The molecule has 21 heavy (non-hydrogen) atoms. The highest BCUT2D eigenvalue weighted by Gasteiger charge is 2.12. The van der Waals surface area contributed by atoms with Gasteiger partial charge in [-0.15, -0.1) is 12.4 Å². The van der Waals surface area contributed by atoms with E-state index in [9.17, 15) is 4.79 Å². The van der Waals surface area contributed by atoms with Crippen molar-refractivity contribution in [1.29, 1.82) is 0 Å². The van der Waals surface area contributed by atoms with Crippen LogP contribution in [0.4, 0.5) is 0 Å². The third-order valence-electron chi connectivity index (χ3n) is 2.88. The molecule has 0 aromatic heterocycles. The Labute approximate surface area is 132 Å². The van der Waals surface area contributed by atoms with E-state index >= 15 is 0 Å². The van der Waals surface area contributed by atoms with E-state index in [2.05, 4.69) is 19.2 Å². The molecule has 0 saturated carbocycles. The summed E-state index contributed by atoms with van der Waals surface area (Å²) in [5, 5.41) is 2.72. The molecule has 1 atom stereocenters.